The summed E-state index contributed by atoms with van der Waals surface area (Å²) in [7, 11) is 1.34. The Balaban J connectivity index is 2.32. The number of guanidine groups is 1. The lowest BCUT2D eigenvalue weighted by Gasteiger charge is -2.35. The number of hydrogen-bond acceptors (Lipinski definition) is 4. The van der Waals surface area contributed by atoms with Gasteiger partial charge in [-0.05, 0) is 39.8 Å². The molecule has 1 aliphatic rings. The van der Waals surface area contributed by atoms with Crippen LogP contribution in [0.1, 0.15) is 31.9 Å². The van der Waals surface area contributed by atoms with Crippen LogP contribution in [0.3, 0.4) is 0 Å². The fourth-order valence-corrected chi connectivity index (χ4v) is 2.50. The molecule has 10 heteroatoms. The van der Waals surface area contributed by atoms with E-state index in [9.17, 15) is 18.4 Å². The first kappa shape index (κ1) is 19.5. The number of hydrogen-bond donors (Lipinski definition) is 2. The molecule has 0 aliphatic heterocycles. The van der Waals surface area contributed by atoms with Crippen molar-refractivity contribution >= 4 is 18.4 Å². The summed E-state index contributed by atoms with van der Waals surface area (Å²) in [6.45, 7) is 5.98. The Morgan fingerprint density at radius 3 is 2.54 bits per heavy atom. The third-order valence-corrected chi connectivity index (χ3v) is 4.36. The average Bonchev–Trinajstić information content (AvgIpc) is 2.90. The topological polar surface area (TPSA) is 90.4 Å². The van der Waals surface area contributed by atoms with Crippen LogP contribution in [0.25, 0.3) is 0 Å². The molecule has 1 aliphatic carbocycles. The minimum atomic E-state index is -4.52. The zero-order valence-electron chi connectivity index (χ0n) is 14.8. The summed E-state index contributed by atoms with van der Waals surface area (Å²) in [5.41, 5.74) is -0.469. The molecule has 1 heterocycles. The maximum atomic E-state index is 12.9. The molecule has 0 unspecified atom stereocenters. The number of rotatable bonds is 4. The van der Waals surface area contributed by atoms with E-state index < -0.39 is 17.3 Å². The molecule has 1 fully saturated rings. The lowest BCUT2D eigenvalue weighted by molar-refractivity contribution is -0.0924. The largest absolute Gasteiger partial charge is 0.415 e. The molecule has 1 saturated carbocycles. The quantitative estimate of drug-likeness (QED) is 0.632. The van der Waals surface area contributed by atoms with Crippen molar-refractivity contribution in [1.82, 2.24) is 15.1 Å². The van der Waals surface area contributed by atoms with Crippen LogP contribution in [0.4, 0.5) is 18.9 Å². The summed E-state index contributed by atoms with van der Waals surface area (Å²) in [6, 6.07) is 2.28. The zero-order chi connectivity index (χ0) is 19.5. The summed E-state index contributed by atoms with van der Waals surface area (Å²) in [4.78, 5) is 7.51. The van der Waals surface area contributed by atoms with E-state index in [2.05, 4.69) is 38.5 Å². The van der Waals surface area contributed by atoms with Crippen molar-refractivity contribution < 1.29 is 13.2 Å². The van der Waals surface area contributed by atoms with Crippen LogP contribution in [0.15, 0.2) is 27.6 Å². The summed E-state index contributed by atoms with van der Waals surface area (Å²) >= 11 is 0. The van der Waals surface area contributed by atoms with E-state index in [0.29, 0.717) is 24.2 Å². The molecule has 2 rings (SSSR count). The van der Waals surface area contributed by atoms with Gasteiger partial charge in [-0.2, -0.15) is 28.5 Å². The van der Waals surface area contributed by atoms with E-state index in [4.69, 9.17) is 0 Å². The van der Waals surface area contributed by atoms with Crippen LogP contribution in [-0.2, 0) is 5.54 Å². The average molecular weight is 367 g/mol. The number of aryl methyl sites for hydroxylation is 1. The number of nitrogens with zero attached hydrogens (tertiary/aromatic N) is 5. The van der Waals surface area contributed by atoms with Crippen LogP contribution in [0.5, 0.6) is 0 Å². The van der Waals surface area contributed by atoms with Crippen molar-refractivity contribution in [3.05, 3.63) is 23.3 Å². The zero-order valence-corrected chi connectivity index (χ0v) is 14.8. The first-order valence-electron chi connectivity index (χ1n) is 7.93. The molecule has 7 nitrogen and oxygen atoms in total. The van der Waals surface area contributed by atoms with Gasteiger partial charge in [0.25, 0.3) is 0 Å². The number of aromatic nitrogens is 2. The highest BCUT2D eigenvalue weighted by molar-refractivity contribution is 5.97. The van der Waals surface area contributed by atoms with Crippen molar-refractivity contribution in [1.29, 1.82) is 5.26 Å². The highest BCUT2D eigenvalue weighted by Gasteiger charge is 2.40. The number of aliphatic imine (C=N–C) groups is 2. The van der Waals surface area contributed by atoms with Crippen LogP contribution in [0.2, 0.25) is 0 Å². The normalized spacial score (nSPS) is 17.7. The second-order valence-electron chi connectivity index (χ2n) is 6.01. The lowest BCUT2D eigenvalue weighted by atomic mass is 9.78. The van der Waals surface area contributed by atoms with E-state index in [0.717, 1.165) is 13.3 Å². The van der Waals surface area contributed by atoms with Gasteiger partial charge in [0.2, 0.25) is 5.96 Å². The molecule has 2 N–H and O–H groups in total. The van der Waals surface area contributed by atoms with Crippen molar-refractivity contribution in [3.8, 4) is 6.07 Å². The summed E-state index contributed by atoms with van der Waals surface area (Å²) in [5, 5.41) is 19.0. The molecule has 1 aromatic heterocycles. The number of anilines is 1. The van der Waals surface area contributed by atoms with Crippen LogP contribution in [0, 0.1) is 18.3 Å². The summed E-state index contributed by atoms with van der Waals surface area (Å²) < 4.78 is 40.2. The lowest BCUT2D eigenvalue weighted by Crippen LogP contribution is -2.39. The molecule has 0 bridgehead atoms. The van der Waals surface area contributed by atoms with Crippen LogP contribution >= 0.6 is 0 Å². The molecule has 0 amide bonds. The maximum Gasteiger partial charge on any atom is 0.415 e. The van der Waals surface area contributed by atoms with E-state index in [1.54, 1.807) is 17.8 Å². The Labute approximate surface area is 149 Å². The Morgan fingerprint density at radius 2 is 2.12 bits per heavy atom. The van der Waals surface area contributed by atoms with Gasteiger partial charge in [0, 0.05) is 7.05 Å². The highest BCUT2D eigenvalue weighted by atomic mass is 19.4. The van der Waals surface area contributed by atoms with Gasteiger partial charge < -0.3 is 10.6 Å². The van der Waals surface area contributed by atoms with E-state index >= 15 is 0 Å². The Hall–Kier alpha value is -2.83. The Bertz CT molecular complexity index is 792. The molecule has 0 saturated heterocycles. The van der Waals surface area contributed by atoms with Gasteiger partial charge >= 0.3 is 6.18 Å². The Kier molecular flexibility index (Phi) is 5.39. The molecule has 0 atom stereocenters. The van der Waals surface area contributed by atoms with Gasteiger partial charge in [-0.3, -0.25) is 4.68 Å². The van der Waals surface area contributed by atoms with Gasteiger partial charge in [0.15, 0.2) is 0 Å². The van der Waals surface area contributed by atoms with Gasteiger partial charge in [0.1, 0.15) is 11.4 Å². The third kappa shape index (κ3) is 3.71. The highest BCUT2D eigenvalue weighted by Crippen LogP contribution is 2.39. The standard InChI is InChI=1S/C16H20F3N7/c1-10(16(17,18)19)13(21-3)24-14(22-4)23-12-8-26(25-11(12)2)15(9-20)6-5-7-15/h8,21H,4-7H2,1-3H3,(H,23,24)/b13-10+. The number of nitriles is 1. The first-order valence-corrected chi connectivity index (χ1v) is 7.93. The van der Waals surface area contributed by atoms with Crippen LogP contribution in [-0.4, -0.2) is 35.7 Å². The first-order chi connectivity index (χ1) is 12.2. The molecule has 0 radical (unpaired) electrons. The molecule has 140 valence electrons. The number of halogens is 3. The van der Waals surface area contributed by atoms with Crippen molar-refractivity contribution in [2.24, 2.45) is 9.98 Å². The molecular formula is C16H20F3N7. The van der Waals surface area contributed by atoms with Crippen molar-refractivity contribution in [3.63, 3.8) is 0 Å². The smallest absolute Gasteiger partial charge is 0.373 e. The van der Waals surface area contributed by atoms with Crippen molar-refractivity contribution in [2.45, 2.75) is 44.8 Å². The predicted octanol–water partition coefficient (Wildman–Crippen LogP) is 3.08. The second-order valence-corrected chi connectivity index (χ2v) is 6.01. The predicted molar refractivity (Wildman–Crippen MR) is 92.8 cm³/mol. The van der Waals surface area contributed by atoms with Gasteiger partial charge in [0.05, 0.1) is 29.2 Å². The summed E-state index contributed by atoms with van der Waals surface area (Å²) in [5.74, 6) is -0.481. The third-order valence-electron chi connectivity index (χ3n) is 4.36. The second kappa shape index (κ2) is 7.19. The van der Waals surface area contributed by atoms with E-state index in [-0.39, 0.29) is 11.8 Å². The molecule has 0 spiro atoms. The molecule has 0 aromatic carbocycles. The van der Waals surface area contributed by atoms with E-state index in [1.807, 2.05) is 0 Å². The van der Waals surface area contributed by atoms with Gasteiger partial charge in [-0.25, -0.2) is 4.99 Å². The fraction of sp³-hybridized carbons (Fsp3) is 0.500. The minimum absolute atomic E-state index is 0.111. The molecule has 26 heavy (non-hydrogen) atoms. The van der Waals surface area contributed by atoms with Gasteiger partial charge in [-0.1, -0.05) is 0 Å². The molecular weight excluding hydrogens is 347 g/mol. The summed E-state index contributed by atoms with van der Waals surface area (Å²) in [6.07, 6.45) is -0.510. The number of alkyl halides is 3. The van der Waals surface area contributed by atoms with Gasteiger partial charge in [-0.15, -0.1) is 0 Å². The molecule has 1 aromatic rings. The number of allylic oxidation sites excluding steroid dienone is 1. The minimum Gasteiger partial charge on any atom is -0.373 e. The monoisotopic (exact) mass is 367 g/mol. The number of nitrogens with one attached hydrogen (secondary N) is 2. The maximum absolute atomic E-state index is 12.9. The fourth-order valence-electron chi connectivity index (χ4n) is 2.50. The van der Waals surface area contributed by atoms with Crippen LogP contribution < -0.4 is 10.6 Å². The van der Waals surface area contributed by atoms with Crippen molar-refractivity contribution in [2.75, 3.05) is 12.4 Å². The Morgan fingerprint density at radius 1 is 1.46 bits per heavy atom. The van der Waals surface area contributed by atoms with E-state index in [1.165, 1.54) is 7.05 Å². The SMILES string of the molecule is C=N/C(=N\C(NC)=C(/C)C(F)(F)F)Nc1cn(C2(C#N)CCC2)nc1C.